The Morgan fingerprint density at radius 2 is 1.60 bits per heavy atom. The maximum Gasteiger partial charge on any atom is 0.244 e. The summed E-state index contributed by atoms with van der Waals surface area (Å²) in [5.41, 5.74) is 2.84. The van der Waals surface area contributed by atoms with Crippen LogP contribution in [0.2, 0.25) is 0 Å². The maximum absolute atomic E-state index is 13.4. The Morgan fingerprint density at radius 3 is 2.23 bits per heavy atom. The van der Waals surface area contributed by atoms with Gasteiger partial charge in [-0.05, 0) is 43.2 Å². The molecule has 4 aromatic rings. The predicted octanol–water partition coefficient (Wildman–Crippen LogP) is 3.90. The average molecular weight is 472 g/mol. The van der Waals surface area contributed by atoms with E-state index in [0.717, 1.165) is 16.8 Å². The van der Waals surface area contributed by atoms with E-state index in [-0.39, 0.29) is 23.4 Å². The number of hydrogen-bond donors (Lipinski definition) is 1. The molecule has 2 aromatic heterocycles. The van der Waals surface area contributed by atoms with Crippen LogP contribution in [0.5, 0.6) is 11.5 Å². The van der Waals surface area contributed by atoms with Gasteiger partial charge in [0.2, 0.25) is 11.3 Å². The fraction of sp³-hybridized carbons (Fsp3) is 0.185. The highest BCUT2D eigenvalue weighted by molar-refractivity contribution is 6.10. The van der Waals surface area contributed by atoms with Crippen LogP contribution in [0, 0.1) is 13.8 Å². The highest BCUT2D eigenvalue weighted by Gasteiger charge is 2.20. The third-order valence-electron chi connectivity index (χ3n) is 5.83. The van der Waals surface area contributed by atoms with Crippen molar-refractivity contribution in [1.82, 2.24) is 9.55 Å². The SMILES string of the molecule is COc1cc2c(=O)c(C(=O)c3ccncc3)cn(CC(=O)Nc3c(C)cccc3C)c2cc1OC. The standard InChI is InChI=1S/C27H25N3O5/c1-16-6-5-7-17(2)25(16)29-24(31)15-30-14-20(26(32)18-8-10-28-11-9-18)27(33)19-12-22(34-3)23(35-4)13-21(19)30/h5-14H,15H2,1-4H3,(H,29,31). The first kappa shape index (κ1) is 23.7. The van der Waals surface area contributed by atoms with E-state index in [1.807, 2.05) is 32.0 Å². The van der Waals surface area contributed by atoms with Crippen molar-refractivity contribution in [3.63, 3.8) is 0 Å². The van der Waals surface area contributed by atoms with Crippen LogP contribution in [0.3, 0.4) is 0 Å². The molecule has 2 aromatic carbocycles. The van der Waals surface area contributed by atoms with E-state index in [1.165, 1.54) is 38.9 Å². The van der Waals surface area contributed by atoms with E-state index in [9.17, 15) is 14.4 Å². The lowest BCUT2D eigenvalue weighted by atomic mass is 10.0. The first-order valence-corrected chi connectivity index (χ1v) is 10.9. The maximum atomic E-state index is 13.4. The van der Waals surface area contributed by atoms with Crippen LogP contribution in [-0.4, -0.2) is 35.5 Å². The normalized spacial score (nSPS) is 10.7. The molecule has 0 saturated heterocycles. The molecular formula is C27H25N3O5. The molecule has 0 atom stereocenters. The molecule has 0 aliphatic heterocycles. The van der Waals surface area contributed by atoms with Crippen LogP contribution in [0.25, 0.3) is 10.9 Å². The number of aromatic nitrogens is 2. The Kier molecular flexibility index (Phi) is 6.64. The van der Waals surface area contributed by atoms with E-state index in [0.29, 0.717) is 22.6 Å². The topological polar surface area (TPSA) is 99.5 Å². The Morgan fingerprint density at radius 1 is 0.971 bits per heavy atom. The van der Waals surface area contributed by atoms with Gasteiger partial charge < -0.3 is 19.4 Å². The zero-order valence-electron chi connectivity index (χ0n) is 19.9. The number of aryl methyl sites for hydroxylation is 2. The highest BCUT2D eigenvalue weighted by atomic mass is 16.5. The number of nitrogens with one attached hydrogen (secondary N) is 1. The summed E-state index contributed by atoms with van der Waals surface area (Å²) in [6.45, 7) is 3.71. The number of carbonyl (C=O) groups excluding carboxylic acids is 2. The van der Waals surface area contributed by atoms with E-state index in [4.69, 9.17) is 9.47 Å². The Balaban J connectivity index is 1.85. The van der Waals surface area contributed by atoms with Gasteiger partial charge in [0.25, 0.3) is 0 Å². The molecule has 0 unspecified atom stereocenters. The van der Waals surface area contributed by atoms with Gasteiger partial charge in [0.1, 0.15) is 6.54 Å². The largest absolute Gasteiger partial charge is 0.493 e. The molecule has 4 rings (SSSR count). The number of para-hydroxylation sites is 1. The van der Waals surface area contributed by atoms with Gasteiger partial charge in [-0.3, -0.25) is 19.4 Å². The van der Waals surface area contributed by atoms with Crippen LogP contribution in [0.1, 0.15) is 27.0 Å². The molecule has 0 saturated carbocycles. The molecule has 0 spiro atoms. The highest BCUT2D eigenvalue weighted by Crippen LogP contribution is 2.31. The van der Waals surface area contributed by atoms with Crippen LogP contribution >= 0.6 is 0 Å². The number of pyridine rings is 2. The Hall–Kier alpha value is -4.46. The smallest absolute Gasteiger partial charge is 0.244 e. The second kappa shape index (κ2) is 9.80. The van der Waals surface area contributed by atoms with Gasteiger partial charge in [0, 0.05) is 35.9 Å². The molecule has 0 aliphatic carbocycles. The second-order valence-corrected chi connectivity index (χ2v) is 8.10. The van der Waals surface area contributed by atoms with Gasteiger partial charge in [0.05, 0.1) is 30.7 Å². The third kappa shape index (κ3) is 4.63. The summed E-state index contributed by atoms with van der Waals surface area (Å²) in [7, 11) is 2.95. The predicted molar refractivity (Wildman–Crippen MR) is 134 cm³/mol. The molecule has 0 aliphatic rings. The van der Waals surface area contributed by atoms with Gasteiger partial charge in [-0.1, -0.05) is 18.2 Å². The molecule has 8 heteroatoms. The molecule has 0 fully saturated rings. The minimum absolute atomic E-state index is 0.0595. The van der Waals surface area contributed by atoms with Crippen molar-refractivity contribution in [2.45, 2.75) is 20.4 Å². The van der Waals surface area contributed by atoms with Gasteiger partial charge in [-0.2, -0.15) is 0 Å². The van der Waals surface area contributed by atoms with Crippen molar-refractivity contribution < 1.29 is 19.1 Å². The van der Waals surface area contributed by atoms with Crippen molar-refractivity contribution in [3.05, 3.63) is 93.5 Å². The molecule has 2 heterocycles. The number of rotatable bonds is 7. The van der Waals surface area contributed by atoms with Crippen molar-refractivity contribution in [2.75, 3.05) is 19.5 Å². The summed E-state index contributed by atoms with van der Waals surface area (Å²) in [6, 6.07) is 12.0. The van der Waals surface area contributed by atoms with Crippen LogP contribution in [0.15, 0.2) is 65.8 Å². The number of amides is 1. The van der Waals surface area contributed by atoms with Crippen LogP contribution in [-0.2, 0) is 11.3 Å². The molecule has 35 heavy (non-hydrogen) atoms. The number of ether oxygens (including phenoxy) is 2. The number of methoxy groups -OCH3 is 2. The number of nitrogens with zero attached hydrogens (tertiary/aromatic N) is 2. The lowest BCUT2D eigenvalue weighted by Gasteiger charge is -2.17. The van der Waals surface area contributed by atoms with E-state index < -0.39 is 11.2 Å². The molecule has 1 N–H and O–H groups in total. The Bertz CT molecular complexity index is 1470. The number of anilines is 1. The molecule has 1 amide bonds. The minimum atomic E-state index is -0.464. The Labute approximate surface area is 202 Å². The lowest BCUT2D eigenvalue weighted by Crippen LogP contribution is -2.24. The first-order valence-electron chi connectivity index (χ1n) is 10.9. The van der Waals surface area contributed by atoms with Crippen LogP contribution in [0.4, 0.5) is 5.69 Å². The van der Waals surface area contributed by atoms with Gasteiger partial charge >= 0.3 is 0 Å². The number of fused-ring (bicyclic) bond motifs is 1. The number of ketones is 1. The number of carbonyl (C=O) groups is 2. The van der Waals surface area contributed by atoms with E-state index in [2.05, 4.69) is 10.3 Å². The van der Waals surface area contributed by atoms with E-state index >= 15 is 0 Å². The average Bonchev–Trinajstić information content (AvgIpc) is 2.87. The fourth-order valence-corrected chi connectivity index (χ4v) is 4.01. The molecule has 8 nitrogen and oxygen atoms in total. The summed E-state index contributed by atoms with van der Waals surface area (Å²) in [4.78, 5) is 43.6. The summed E-state index contributed by atoms with van der Waals surface area (Å²) in [5.74, 6) is -0.0175. The van der Waals surface area contributed by atoms with Crippen molar-refractivity contribution in [1.29, 1.82) is 0 Å². The monoisotopic (exact) mass is 471 g/mol. The van der Waals surface area contributed by atoms with Gasteiger partial charge in [0.15, 0.2) is 17.3 Å². The van der Waals surface area contributed by atoms with Gasteiger partial charge in [-0.15, -0.1) is 0 Å². The number of benzene rings is 2. The quantitative estimate of drug-likeness (QED) is 0.411. The van der Waals surface area contributed by atoms with Crippen LogP contribution < -0.4 is 20.2 Å². The summed E-state index contributed by atoms with van der Waals surface area (Å²) in [5, 5.41) is 3.19. The minimum Gasteiger partial charge on any atom is -0.493 e. The summed E-state index contributed by atoms with van der Waals surface area (Å²) >= 11 is 0. The van der Waals surface area contributed by atoms with Gasteiger partial charge in [-0.25, -0.2) is 0 Å². The number of hydrogen-bond acceptors (Lipinski definition) is 6. The zero-order valence-corrected chi connectivity index (χ0v) is 19.9. The molecule has 178 valence electrons. The summed E-state index contributed by atoms with van der Waals surface area (Å²) < 4.78 is 12.3. The third-order valence-corrected chi connectivity index (χ3v) is 5.83. The lowest BCUT2D eigenvalue weighted by molar-refractivity contribution is -0.116. The molecular weight excluding hydrogens is 446 g/mol. The van der Waals surface area contributed by atoms with E-state index in [1.54, 1.807) is 22.8 Å². The van der Waals surface area contributed by atoms with Crippen molar-refractivity contribution >= 4 is 28.3 Å². The zero-order chi connectivity index (χ0) is 25.1. The van der Waals surface area contributed by atoms with Crippen molar-refractivity contribution in [2.24, 2.45) is 0 Å². The van der Waals surface area contributed by atoms with Crippen molar-refractivity contribution in [3.8, 4) is 11.5 Å². The first-order chi connectivity index (χ1) is 16.8. The molecule has 0 radical (unpaired) electrons. The molecule has 0 bridgehead atoms. The second-order valence-electron chi connectivity index (χ2n) is 8.10. The fourth-order valence-electron chi connectivity index (χ4n) is 4.01. The summed E-state index contributed by atoms with van der Waals surface area (Å²) in [6.07, 6.45) is 4.39.